The number of hydrogen-bond donors (Lipinski definition) is 3. The van der Waals surface area contributed by atoms with Gasteiger partial charge in [-0.1, -0.05) is 12.2 Å². The van der Waals surface area contributed by atoms with E-state index in [2.05, 4.69) is 12.2 Å². The molecule has 0 aromatic carbocycles. The summed E-state index contributed by atoms with van der Waals surface area (Å²) in [5.74, 6) is 0. The molecule has 0 saturated carbocycles. The molecule has 0 fully saturated rings. The first-order chi connectivity index (χ1) is 6.12. The number of nitrogens with one attached hydrogen (secondary N) is 2. The van der Waals surface area contributed by atoms with Crippen molar-refractivity contribution in [2.45, 2.75) is 6.18 Å². The van der Waals surface area contributed by atoms with Crippen molar-refractivity contribution in [2.75, 3.05) is 13.1 Å². The van der Waals surface area contributed by atoms with Gasteiger partial charge in [0.25, 0.3) is 10.2 Å². The summed E-state index contributed by atoms with van der Waals surface area (Å²) >= 11 is 4.32. The van der Waals surface area contributed by atoms with Crippen molar-refractivity contribution >= 4 is 27.4 Å². The van der Waals surface area contributed by atoms with Crippen LogP contribution in [0.15, 0.2) is 0 Å². The van der Waals surface area contributed by atoms with Crippen LogP contribution in [0, 0.1) is 0 Å². The lowest BCUT2D eigenvalue weighted by atomic mass is 10.7. The molecule has 0 radical (unpaired) electrons. The Morgan fingerprint density at radius 2 is 1.86 bits per heavy atom. The van der Waals surface area contributed by atoms with Gasteiger partial charge in [-0.2, -0.15) is 31.0 Å². The van der Waals surface area contributed by atoms with E-state index >= 15 is 0 Å². The molecule has 10 heteroatoms. The second-order valence-electron chi connectivity index (χ2n) is 2.23. The highest BCUT2D eigenvalue weighted by Gasteiger charge is 2.29. The predicted octanol–water partition coefficient (Wildman–Crippen LogP) is -0.741. The maximum absolute atomic E-state index is 11.6. The first kappa shape index (κ1) is 13.5. The molecule has 0 amide bonds. The molecular formula is C4H8F3N3O2S2. The van der Waals surface area contributed by atoms with E-state index in [4.69, 9.17) is 5.73 Å². The molecule has 0 aliphatic rings. The summed E-state index contributed by atoms with van der Waals surface area (Å²) in [6.45, 7) is -2.03. The van der Waals surface area contributed by atoms with E-state index in [0.29, 0.717) is 0 Å². The quantitative estimate of drug-likeness (QED) is 0.562. The van der Waals surface area contributed by atoms with Gasteiger partial charge in [0, 0.05) is 0 Å². The normalized spacial score (nSPS) is 12.8. The molecule has 4 N–H and O–H groups in total. The van der Waals surface area contributed by atoms with E-state index in [1.54, 1.807) is 4.72 Å². The number of thiocarbonyl (C=S) groups is 1. The molecule has 5 nitrogen and oxygen atoms in total. The predicted molar refractivity (Wildman–Crippen MR) is 47.8 cm³/mol. The first-order valence-corrected chi connectivity index (χ1v) is 5.11. The molecular weight excluding hydrogens is 243 g/mol. The Balaban J connectivity index is 4.03. The van der Waals surface area contributed by atoms with Gasteiger partial charge in [0.05, 0.1) is 11.5 Å². The second kappa shape index (κ2) is 4.87. The smallest absolute Gasteiger partial charge is 0.392 e. The van der Waals surface area contributed by atoms with E-state index in [1.807, 2.05) is 0 Å². The second-order valence-corrected chi connectivity index (χ2v) is 4.34. The zero-order chi connectivity index (χ0) is 11.4. The topological polar surface area (TPSA) is 84.2 Å². The van der Waals surface area contributed by atoms with Gasteiger partial charge in [0.15, 0.2) is 0 Å². The van der Waals surface area contributed by atoms with E-state index in [1.165, 1.54) is 4.72 Å². The lowest BCUT2D eigenvalue weighted by Gasteiger charge is -2.09. The lowest BCUT2D eigenvalue weighted by Crippen LogP contribution is -2.43. The Morgan fingerprint density at radius 1 is 1.36 bits per heavy atom. The van der Waals surface area contributed by atoms with Gasteiger partial charge in [-0.15, -0.1) is 0 Å². The van der Waals surface area contributed by atoms with Crippen LogP contribution in [0.2, 0.25) is 0 Å². The number of hydrogen-bond acceptors (Lipinski definition) is 3. The van der Waals surface area contributed by atoms with Crippen molar-refractivity contribution in [2.24, 2.45) is 5.73 Å². The number of halogens is 3. The van der Waals surface area contributed by atoms with Gasteiger partial charge < -0.3 is 5.73 Å². The fourth-order valence-corrected chi connectivity index (χ4v) is 1.36. The highest BCUT2D eigenvalue weighted by atomic mass is 32.2. The largest absolute Gasteiger partial charge is 0.402 e. The summed E-state index contributed by atoms with van der Waals surface area (Å²) in [6, 6.07) is 0. The fourth-order valence-electron chi connectivity index (χ4n) is 0.394. The molecule has 84 valence electrons. The minimum absolute atomic E-state index is 0.164. The summed E-state index contributed by atoms with van der Waals surface area (Å²) in [5.41, 5.74) is 4.94. The van der Waals surface area contributed by atoms with Crippen LogP contribution < -0.4 is 15.2 Å². The van der Waals surface area contributed by atoms with Gasteiger partial charge >= 0.3 is 6.18 Å². The number of rotatable bonds is 5. The van der Waals surface area contributed by atoms with E-state index in [0.717, 1.165) is 0 Å². The molecule has 0 spiro atoms. The molecule has 0 rings (SSSR count). The molecule has 0 aromatic rings. The third kappa shape index (κ3) is 8.16. The average Bonchev–Trinajstić information content (AvgIpc) is 1.97. The molecule has 0 aromatic heterocycles. The van der Waals surface area contributed by atoms with Crippen LogP contribution in [0.4, 0.5) is 13.2 Å². The third-order valence-corrected chi connectivity index (χ3v) is 2.09. The molecule has 0 heterocycles. The Kier molecular flexibility index (Phi) is 4.71. The van der Waals surface area contributed by atoms with Crippen LogP contribution in [0.5, 0.6) is 0 Å². The molecule has 14 heavy (non-hydrogen) atoms. The Hall–Kier alpha value is -0.450. The molecule has 0 saturated heterocycles. The van der Waals surface area contributed by atoms with Crippen LogP contribution in [-0.2, 0) is 10.2 Å². The van der Waals surface area contributed by atoms with Gasteiger partial charge in [0.2, 0.25) is 0 Å². The maximum atomic E-state index is 11.6. The Labute approximate surface area is 84.0 Å². The summed E-state index contributed by atoms with van der Waals surface area (Å²) in [4.78, 5) is -0.164. The zero-order valence-corrected chi connectivity index (χ0v) is 8.39. The highest BCUT2D eigenvalue weighted by molar-refractivity contribution is 7.87. The SMILES string of the molecule is NC(=S)CNS(=O)(=O)NCC(F)(F)F. The number of nitrogens with two attached hydrogens (primary N) is 1. The van der Waals surface area contributed by atoms with Crippen LogP contribution >= 0.6 is 12.2 Å². The summed E-state index contributed by atoms with van der Waals surface area (Å²) < 4.78 is 59.2. The van der Waals surface area contributed by atoms with Gasteiger partial charge in [-0.25, -0.2) is 0 Å². The maximum Gasteiger partial charge on any atom is 0.402 e. The average molecular weight is 251 g/mol. The molecule has 0 atom stereocenters. The van der Waals surface area contributed by atoms with E-state index in [-0.39, 0.29) is 11.5 Å². The highest BCUT2D eigenvalue weighted by Crippen LogP contribution is 2.12. The van der Waals surface area contributed by atoms with E-state index < -0.39 is 22.9 Å². The van der Waals surface area contributed by atoms with Crippen molar-refractivity contribution in [1.29, 1.82) is 0 Å². The standard InChI is InChI=1S/C4H8F3N3O2S2/c5-4(6,7)2-10-14(11,12)9-1-3(8)13/h9-10H,1-2H2,(H2,8,13). The minimum atomic E-state index is -4.60. The fraction of sp³-hybridized carbons (Fsp3) is 0.750. The van der Waals surface area contributed by atoms with Crippen LogP contribution in [0.25, 0.3) is 0 Å². The molecule has 0 aliphatic carbocycles. The summed E-state index contributed by atoms with van der Waals surface area (Å²) in [6.07, 6.45) is -4.60. The van der Waals surface area contributed by atoms with Crippen molar-refractivity contribution in [3.63, 3.8) is 0 Å². The lowest BCUT2D eigenvalue weighted by molar-refractivity contribution is -0.121. The van der Waals surface area contributed by atoms with Gasteiger partial charge in [-0.05, 0) is 0 Å². The summed E-state index contributed by atoms with van der Waals surface area (Å²) in [5, 5.41) is 0. The molecule has 0 unspecified atom stereocenters. The zero-order valence-electron chi connectivity index (χ0n) is 6.76. The summed E-state index contributed by atoms with van der Waals surface area (Å²) in [7, 11) is -4.20. The van der Waals surface area contributed by atoms with Crippen molar-refractivity contribution < 1.29 is 21.6 Å². The van der Waals surface area contributed by atoms with Crippen molar-refractivity contribution in [1.82, 2.24) is 9.44 Å². The minimum Gasteiger partial charge on any atom is -0.392 e. The Morgan fingerprint density at radius 3 is 2.21 bits per heavy atom. The third-order valence-electron chi connectivity index (χ3n) is 0.899. The molecule has 0 bridgehead atoms. The molecule has 0 aliphatic heterocycles. The number of alkyl halides is 3. The van der Waals surface area contributed by atoms with Crippen LogP contribution in [0.1, 0.15) is 0 Å². The Bertz CT molecular complexity index is 299. The van der Waals surface area contributed by atoms with Crippen molar-refractivity contribution in [3.05, 3.63) is 0 Å². The first-order valence-electron chi connectivity index (χ1n) is 3.22. The van der Waals surface area contributed by atoms with E-state index in [9.17, 15) is 21.6 Å². The van der Waals surface area contributed by atoms with Crippen LogP contribution in [0.3, 0.4) is 0 Å². The van der Waals surface area contributed by atoms with Gasteiger partial charge in [-0.3, -0.25) is 0 Å². The van der Waals surface area contributed by atoms with Crippen LogP contribution in [-0.4, -0.2) is 32.7 Å². The van der Waals surface area contributed by atoms with Crippen molar-refractivity contribution in [3.8, 4) is 0 Å². The van der Waals surface area contributed by atoms with Gasteiger partial charge in [0.1, 0.15) is 6.54 Å². The monoisotopic (exact) mass is 251 g/mol.